The standard InChI is InChI=1S/2C19H16/c2*1-19(2)16-11-4-3-9-14(16)15-10-5-7-13-8-6-12-17(19)18(13)15/h2*3-12H,1-2H3. The van der Waals surface area contributed by atoms with Crippen molar-refractivity contribution in [3.63, 3.8) is 0 Å². The van der Waals surface area contributed by atoms with E-state index in [0.717, 1.165) is 0 Å². The van der Waals surface area contributed by atoms with Gasteiger partial charge in [0, 0.05) is 10.8 Å². The number of rotatable bonds is 0. The first-order chi connectivity index (χ1) is 18.4. The topological polar surface area (TPSA) is 0 Å². The molecular formula is C38H32. The first-order valence-corrected chi connectivity index (χ1v) is 13.6. The molecule has 2 aliphatic rings. The second-order valence-electron chi connectivity index (χ2n) is 11.8. The summed E-state index contributed by atoms with van der Waals surface area (Å²) < 4.78 is 0. The van der Waals surface area contributed by atoms with Crippen molar-refractivity contribution in [1.29, 1.82) is 0 Å². The van der Waals surface area contributed by atoms with E-state index in [9.17, 15) is 0 Å². The third kappa shape index (κ3) is 3.16. The van der Waals surface area contributed by atoms with Crippen LogP contribution in [-0.4, -0.2) is 0 Å². The Morgan fingerprint density at radius 3 is 1.05 bits per heavy atom. The highest BCUT2D eigenvalue weighted by atomic mass is 14.4. The lowest BCUT2D eigenvalue weighted by atomic mass is 9.68. The summed E-state index contributed by atoms with van der Waals surface area (Å²) >= 11 is 0. The molecular weight excluding hydrogens is 456 g/mol. The molecule has 0 spiro atoms. The first kappa shape index (κ1) is 23.0. The second kappa shape index (κ2) is 8.17. The van der Waals surface area contributed by atoms with Crippen LogP contribution in [0.4, 0.5) is 0 Å². The van der Waals surface area contributed by atoms with Crippen LogP contribution >= 0.6 is 0 Å². The van der Waals surface area contributed by atoms with Crippen molar-refractivity contribution < 1.29 is 0 Å². The zero-order valence-electron chi connectivity index (χ0n) is 22.5. The largest absolute Gasteiger partial charge is 0.0619 e. The third-order valence-electron chi connectivity index (χ3n) is 8.94. The molecule has 6 aromatic carbocycles. The highest BCUT2D eigenvalue weighted by Crippen LogP contribution is 2.49. The molecule has 0 nitrogen and oxygen atoms in total. The number of benzene rings is 6. The maximum Gasteiger partial charge on any atom is 0.0159 e. The normalized spacial score (nSPS) is 15.3. The molecule has 0 heteroatoms. The number of hydrogen-bond donors (Lipinski definition) is 0. The SMILES string of the molecule is CC1(C)c2ccccc2-c2cccc3cccc1c23.CC1(C)c2ccccc2-c2cccc3cccc1c23. The van der Waals surface area contributed by atoms with Crippen molar-refractivity contribution in [2.75, 3.05) is 0 Å². The van der Waals surface area contributed by atoms with Gasteiger partial charge in [-0.2, -0.15) is 0 Å². The number of hydrogen-bond acceptors (Lipinski definition) is 0. The lowest BCUT2D eigenvalue weighted by molar-refractivity contribution is 0.645. The molecule has 0 N–H and O–H groups in total. The average molecular weight is 489 g/mol. The van der Waals surface area contributed by atoms with Crippen LogP contribution in [0.15, 0.2) is 121 Å². The van der Waals surface area contributed by atoms with Crippen molar-refractivity contribution in [1.82, 2.24) is 0 Å². The Morgan fingerprint density at radius 1 is 0.316 bits per heavy atom. The maximum atomic E-state index is 2.33. The zero-order chi connectivity index (χ0) is 26.1. The van der Waals surface area contributed by atoms with Crippen LogP contribution in [0.2, 0.25) is 0 Å². The minimum atomic E-state index is 0.0739. The molecule has 0 bridgehead atoms. The van der Waals surface area contributed by atoms with Gasteiger partial charge < -0.3 is 0 Å². The summed E-state index contributed by atoms with van der Waals surface area (Å²) in [6, 6.07) is 44.2. The van der Waals surface area contributed by atoms with Crippen LogP contribution in [0.25, 0.3) is 43.8 Å². The van der Waals surface area contributed by atoms with Crippen LogP contribution < -0.4 is 0 Å². The van der Waals surface area contributed by atoms with E-state index in [1.54, 1.807) is 0 Å². The van der Waals surface area contributed by atoms with Crippen molar-refractivity contribution in [2.45, 2.75) is 38.5 Å². The monoisotopic (exact) mass is 488 g/mol. The predicted octanol–water partition coefficient (Wildman–Crippen LogP) is 10.3. The van der Waals surface area contributed by atoms with Gasteiger partial charge in [0.25, 0.3) is 0 Å². The molecule has 0 aliphatic heterocycles. The summed E-state index contributed by atoms with van der Waals surface area (Å²) in [5.41, 5.74) is 11.4. The van der Waals surface area contributed by atoms with Crippen molar-refractivity contribution in [3.8, 4) is 22.3 Å². The van der Waals surface area contributed by atoms with Crippen molar-refractivity contribution in [3.05, 3.63) is 144 Å². The summed E-state index contributed by atoms with van der Waals surface area (Å²) in [5.74, 6) is 0. The Hall–Kier alpha value is -4.16. The summed E-state index contributed by atoms with van der Waals surface area (Å²) in [5, 5.41) is 5.54. The van der Waals surface area contributed by atoms with Gasteiger partial charge in [-0.15, -0.1) is 0 Å². The molecule has 6 aromatic rings. The van der Waals surface area contributed by atoms with Crippen LogP contribution in [0, 0.1) is 0 Å². The van der Waals surface area contributed by atoms with Gasteiger partial charge >= 0.3 is 0 Å². The minimum absolute atomic E-state index is 0.0739. The van der Waals surface area contributed by atoms with Crippen LogP contribution in [0.1, 0.15) is 49.9 Å². The van der Waals surface area contributed by atoms with E-state index in [0.29, 0.717) is 0 Å². The molecule has 0 heterocycles. The Bertz CT molecular complexity index is 1720. The molecule has 0 atom stereocenters. The molecule has 0 saturated heterocycles. The van der Waals surface area contributed by atoms with E-state index in [1.807, 2.05) is 0 Å². The van der Waals surface area contributed by atoms with E-state index in [2.05, 4.69) is 149 Å². The second-order valence-corrected chi connectivity index (χ2v) is 11.8. The van der Waals surface area contributed by atoms with E-state index in [-0.39, 0.29) is 10.8 Å². The smallest absolute Gasteiger partial charge is 0.0159 e. The van der Waals surface area contributed by atoms with E-state index >= 15 is 0 Å². The predicted molar refractivity (Wildman–Crippen MR) is 163 cm³/mol. The van der Waals surface area contributed by atoms with Gasteiger partial charge in [-0.1, -0.05) is 149 Å². The molecule has 8 rings (SSSR count). The van der Waals surface area contributed by atoms with E-state index < -0.39 is 0 Å². The molecule has 0 fully saturated rings. The molecule has 0 aromatic heterocycles. The van der Waals surface area contributed by atoms with Crippen molar-refractivity contribution in [2.24, 2.45) is 0 Å². The van der Waals surface area contributed by atoms with Gasteiger partial charge in [0.15, 0.2) is 0 Å². The minimum Gasteiger partial charge on any atom is -0.0619 e. The first-order valence-electron chi connectivity index (χ1n) is 13.6. The van der Waals surface area contributed by atoms with E-state index in [1.165, 1.54) is 66.1 Å². The van der Waals surface area contributed by atoms with Gasteiger partial charge in [0.1, 0.15) is 0 Å². The Kier molecular flexibility index (Phi) is 4.94. The quantitative estimate of drug-likeness (QED) is 0.199. The zero-order valence-corrected chi connectivity index (χ0v) is 22.5. The highest BCUT2D eigenvalue weighted by molar-refractivity contribution is 6.04. The molecule has 2 aliphatic carbocycles. The van der Waals surface area contributed by atoms with Crippen LogP contribution in [-0.2, 0) is 10.8 Å². The Morgan fingerprint density at radius 2 is 0.632 bits per heavy atom. The molecule has 0 unspecified atom stereocenters. The summed E-state index contributed by atoms with van der Waals surface area (Å²) in [6.07, 6.45) is 0. The molecule has 0 amide bonds. The summed E-state index contributed by atoms with van der Waals surface area (Å²) in [6.45, 7) is 9.32. The lowest BCUT2D eigenvalue weighted by Gasteiger charge is -2.35. The third-order valence-corrected chi connectivity index (χ3v) is 8.94. The van der Waals surface area contributed by atoms with Gasteiger partial charge in [-0.3, -0.25) is 0 Å². The summed E-state index contributed by atoms with van der Waals surface area (Å²) in [4.78, 5) is 0. The fourth-order valence-corrected chi connectivity index (χ4v) is 6.99. The molecule has 0 saturated carbocycles. The average Bonchev–Trinajstić information content (AvgIpc) is 2.95. The summed E-state index contributed by atoms with van der Waals surface area (Å²) in [7, 11) is 0. The van der Waals surface area contributed by atoms with Crippen LogP contribution in [0.3, 0.4) is 0 Å². The fourth-order valence-electron chi connectivity index (χ4n) is 6.99. The van der Waals surface area contributed by atoms with Crippen molar-refractivity contribution >= 4 is 21.5 Å². The molecule has 184 valence electrons. The molecule has 38 heavy (non-hydrogen) atoms. The molecule has 0 radical (unpaired) electrons. The number of fused-ring (bicyclic) bond motifs is 4. The Balaban J connectivity index is 0.000000127. The van der Waals surface area contributed by atoms with E-state index in [4.69, 9.17) is 0 Å². The lowest BCUT2D eigenvalue weighted by Crippen LogP contribution is -2.23. The Labute approximate surface area is 225 Å². The van der Waals surface area contributed by atoms with Gasteiger partial charge in [0.2, 0.25) is 0 Å². The van der Waals surface area contributed by atoms with Gasteiger partial charge in [-0.25, -0.2) is 0 Å². The van der Waals surface area contributed by atoms with Gasteiger partial charge in [-0.05, 0) is 66.1 Å². The highest BCUT2D eigenvalue weighted by Gasteiger charge is 2.33. The fraction of sp³-hybridized carbons (Fsp3) is 0.158. The van der Waals surface area contributed by atoms with Crippen LogP contribution in [0.5, 0.6) is 0 Å². The van der Waals surface area contributed by atoms with Gasteiger partial charge in [0.05, 0.1) is 0 Å². The maximum absolute atomic E-state index is 2.33.